The van der Waals surface area contributed by atoms with E-state index in [9.17, 15) is 9.59 Å². The van der Waals surface area contributed by atoms with Gasteiger partial charge >= 0.3 is 0 Å². The Balaban J connectivity index is 1.61. The van der Waals surface area contributed by atoms with Gasteiger partial charge in [0.25, 0.3) is 5.56 Å². The zero-order chi connectivity index (χ0) is 20.3. The molecule has 1 fully saturated rings. The number of carbonyl (C=O) groups is 1. The Bertz CT molecular complexity index is 923. The van der Waals surface area contributed by atoms with E-state index >= 15 is 0 Å². The maximum atomic E-state index is 12.6. The summed E-state index contributed by atoms with van der Waals surface area (Å²) in [5.41, 5.74) is 1.59. The van der Waals surface area contributed by atoms with Gasteiger partial charge in [0, 0.05) is 51.2 Å². The van der Waals surface area contributed by atoms with Gasteiger partial charge in [0.2, 0.25) is 5.91 Å². The molecule has 3 rings (SSSR count). The van der Waals surface area contributed by atoms with Gasteiger partial charge < -0.3 is 10.2 Å². The smallest absolute Gasteiger partial charge is 0.292 e. The quantitative estimate of drug-likeness (QED) is 0.799. The number of piperazine rings is 1. The number of benzene rings is 1. The summed E-state index contributed by atoms with van der Waals surface area (Å²) >= 11 is 12.4. The van der Waals surface area contributed by atoms with Crippen molar-refractivity contribution in [3.63, 3.8) is 0 Å². The molecule has 28 heavy (non-hydrogen) atoms. The van der Waals surface area contributed by atoms with E-state index in [0.717, 1.165) is 38.3 Å². The van der Waals surface area contributed by atoms with Crippen LogP contribution >= 0.6 is 23.2 Å². The second-order valence-electron chi connectivity index (χ2n) is 6.80. The highest BCUT2D eigenvalue weighted by Crippen LogP contribution is 2.20. The minimum absolute atomic E-state index is 0.0908. The normalized spacial score (nSPS) is 14.9. The molecule has 1 aliphatic heterocycles. The van der Waals surface area contributed by atoms with Crippen molar-refractivity contribution in [1.82, 2.24) is 19.6 Å². The van der Waals surface area contributed by atoms with Crippen molar-refractivity contribution in [2.24, 2.45) is 0 Å². The fourth-order valence-corrected chi connectivity index (χ4v) is 3.46. The van der Waals surface area contributed by atoms with E-state index < -0.39 is 5.56 Å². The number of amides is 1. The van der Waals surface area contributed by atoms with Gasteiger partial charge in [-0.3, -0.25) is 14.5 Å². The summed E-state index contributed by atoms with van der Waals surface area (Å²) in [5, 5.41) is 8.05. The molecule has 9 heteroatoms. The minimum Gasteiger partial charge on any atom is -0.381 e. The Morgan fingerprint density at radius 3 is 2.57 bits per heavy atom. The number of carbonyl (C=O) groups excluding carboxylic acids is 1. The average Bonchev–Trinajstić information content (AvgIpc) is 2.68. The van der Waals surface area contributed by atoms with Gasteiger partial charge in [-0.05, 0) is 24.6 Å². The highest BCUT2D eigenvalue weighted by Gasteiger charge is 2.18. The first kappa shape index (κ1) is 20.6. The maximum absolute atomic E-state index is 12.6. The third-order valence-corrected chi connectivity index (χ3v) is 5.65. The molecule has 0 radical (unpaired) electrons. The summed E-state index contributed by atoms with van der Waals surface area (Å²) < 4.78 is 1.24. The van der Waals surface area contributed by atoms with Gasteiger partial charge in [-0.25, -0.2) is 0 Å². The molecule has 2 heterocycles. The Morgan fingerprint density at radius 2 is 1.93 bits per heavy atom. The van der Waals surface area contributed by atoms with Gasteiger partial charge in [0.15, 0.2) is 0 Å². The fourth-order valence-electron chi connectivity index (χ4n) is 3.09. The number of anilines is 1. The molecule has 0 saturated carbocycles. The van der Waals surface area contributed by atoms with E-state index in [1.807, 2.05) is 17.9 Å². The van der Waals surface area contributed by atoms with Crippen molar-refractivity contribution < 1.29 is 4.79 Å². The SMILES string of the molecule is CC(=O)N1CCN(CCNc2cnn(-c3ccc(C)c(Cl)c3)c(=O)c2Cl)CC1. The topological polar surface area (TPSA) is 70.5 Å². The molecule has 0 atom stereocenters. The third kappa shape index (κ3) is 4.66. The van der Waals surface area contributed by atoms with Crippen molar-refractivity contribution in [3.05, 3.63) is 50.4 Å². The number of hydrogen-bond acceptors (Lipinski definition) is 5. The van der Waals surface area contributed by atoms with E-state index in [-0.39, 0.29) is 10.9 Å². The first-order valence-corrected chi connectivity index (χ1v) is 9.88. The monoisotopic (exact) mass is 423 g/mol. The van der Waals surface area contributed by atoms with Crippen LogP contribution in [0.1, 0.15) is 12.5 Å². The van der Waals surface area contributed by atoms with Crippen LogP contribution < -0.4 is 10.9 Å². The molecule has 0 unspecified atom stereocenters. The van der Waals surface area contributed by atoms with Crippen LogP contribution in [-0.4, -0.2) is 64.8 Å². The van der Waals surface area contributed by atoms with Crippen molar-refractivity contribution in [2.45, 2.75) is 13.8 Å². The average molecular weight is 424 g/mol. The van der Waals surface area contributed by atoms with E-state index in [1.54, 1.807) is 25.3 Å². The molecule has 1 amide bonds. The predicted octanol–water partition coefficient (Wildman–Crippen LogP) is 2.42. The lowest BCUT2D eigenvalue weighted by Crippen LogP contribution is -2.49. The Labute approximate surface area is 173 Å². The lowest BCUT2D eigenvalue weighted by atomic mass is 10.2. The number of nitrogens with one attached hydrogen (secondary N) is 1. The molecule has 1 N–H and O–H groups in total. The molecule has 1 aliphatic rings. The summed E-state index contributed by atoms with van der Waals surface area (Å²) in [5.74, 6) is 0.117. The highest BCUT2D eigenvalue weighted by atomic mass is 35.5. The summed E-state index contributed by atoms with van der Waals surface area (Å²) in [6, 6.07) is 5.30. The van der Waals surface area contributed by atoms with E-state index in [0.29, 0.717) is 22.9 Å². The number of nitrogens with zero attached hydrogens (tertiary/aromatic N) is 4. The van der Waals surface area contributed by atoms with E-state index in [4.69, 9.17) is 23.2 Å². The molecule has 0 spiro atoms. The van der Waals surface area contributed by atoms with Crippen LogP contribution in [0.15, 0.2) is 29.2 Å². The molecule has 2 aromatic rings. The molecule has 150 valence electrons. The maximum Gasteiger partial charge on any atom is 0.292 e. The third-order valence-electron chi connectivity index (χ3n) is 4.88. The Morgan fingerprint density at radius 1 is 1.21 bits per heavy atom. The molecular weight excluding hydrogens is 401 g/mol. The number of halogens is 2. The summed E-state index contributed by atoms with van der Waals surface area (Å²) in [6.07, 6.45) is 1.55. The molecule has 1 aromatic carbocycles. The van der Waals surface area contributed by atoms with Crippen LogP contribution in [0.4, 0.5) is 5.69 Å². The minimum atomic E-state index is -0.401. The zero-order valence-corrected chi connectivity index (χ0v) is 17.4. The zero-order valence-electron chi connectivity index (χ0n) is 15.9. The van der Waals surface area contributed by atoms with Gasteiger partial charge in [-0.15, -0.1) is 0 Å². The van der Waals surface area contributed by atoms with Gasteiger partial charge in [0.05, 0.1) is 17.6 Å². The second-order valence-corrected chi connectivity index (χ2v) is 7.58. The standard InChI is InChI=1S/C19H23Cl2N5O2/c1-13-3-4-15(11-16(13)20)26-19(28)18(21)17(12-23-26)22-5-6-24-7-9-25(10-8-24)14(2)27/h3-4,11-12,22H,5-10H2,1-2H3. The molecule has 0 bridgehead atoms. The summed E-state index contributed by atoms with van der Waals surface area (Å²) in [7, 11) is 0. The number of aromatic nitrogens is 2. The van der Waals surface area contributed by atoms with Crippen LogP contribution in [0.3, 0.4) is 0 Å². The van der Waals surface area contributed by atoms with Crippen molar-refractivity contribution in [3.8, 4) is 5.69 Å². The molecule has 0 aliphatic carbocycles. The van der Waals surface area contributed by atoms with Crippen molar-refractivity contribution in [2.75, 3.05) is 44.6 Å². The number of hydrogen-bond donors (Lipinski definition) is 1. The molecule has 1 saturated heterocycles. The first-order valence-electron chi connectivity index (χ1n) is 9.13. The first-order chi connectivity index (χ1) is 13.4. The summed E-state index contributed by atoms with van der Waals surface area (Å²) in [6.45, 7) is 8.06. The molecule has 7 nitrogen and oxygen atoms in total. The summed E-state index contributed by atoms with van der Waals surface area (Å²) in [4.78, 5) is 28.1. The van der Waals surface area contributed by atoms with Crippen molar-refractivity contribution in [1.29, 1.82) is 0 Å². The predicted molar refractivity (Wildman–Crippen MR) is 112 cm³/mol. The van der Waals surface area contributed by atoms with Crippen molar-refractivity contribution >= 4 is 34.8 Å². The Hall–Kier alpha value is -2.09. The van der Waals surface area contributed by atoms with Crippen LogP contribution in [0, 0.1) is 6.92 Å². The number of aryl methyl sites for hydroxylation is 1. The van der Waals surface area contributed by atoms with E-state index in [2.05, 4.69) is 15.3 Å². The lowest BCUT2D eigenvalue weighted by Gasteiger charge is -2.34. The van der Waals surface area contributed by atoms with Crippen LogP contribution in [0.25, 0.3) is 5.69 Å². The highest BCUT2D eigenvalue weighted by molar-refractivity contribution is 6.33. The largest absolute Gasteiger partial charge is 0.381 e. The molecule has 1 aromatic heterocycles. The van der Waals surface area contributed by atoms with Gasteiger partial charge in [0.1, 0.15) is 5.02 Å². The van der Waals surface area contributed by atoms with Gasteiger partial charge in [-0.2, -0.15) is 9.78 Å². The lowest BCUT2D eigenvalue weighted by molar-refractivity contribution is -0.130. The second kappa shape index (κ2) is 8.94. The fraction of sp³-hybridized carbons (Fsp3) is 0.421. The van der Waals surface area contributed by atoms with Gasteiger partial charge in [-0.1, -0.05) is 29.3 Å². The van der Waals surface area contributed by atoms with Crippen LogP contribution in [0.2, 0.25) is 10.0 Å². The molecular formula is C19H23Cl2N5O2. The van der Waals surface area contributed by atoms with Crippen LogP contribution in [-0.2, 0) is 4.79 Å². The van der Waals surface area contributed by atoms with E-state index in [1.165, 1.54) is 4.68 Å². The van der Waals surface area contributed by atoms with Crippen LogP contribution in [0.5, 0.6) is 0 Å². The number of rotatable bonds is 5. The Kier molecular flexibility index (Phi) is 6.59.